The SMILES string of the molecule is CN(Cc1c[nH]c2cc(Cl)ccc12)C(=O)C=Cc1ccc(N)nc1. The van der Waals surface area contributed by atoms with Crippen LogP contribution in [0.15, 0.2) is 48.8 Å². The number of aromatic nitrogens is 2. The molecule has 0 aliphatic rings. The smallest absolute Gasteiger partial charge is 0.246 e. The van der Waals surface area contributed by atoms with Gasteiger partial charge >= 0.3 is 0 Å². The number of pyridine rings is 1. The van der Waals surface area contributed by atoms with Crippen LogP contribution in [-0.4, -0.2) is 27.8 Å². The van der Waals surface area contributed by atoms with Crippen molar-refractivity contribution in [2.75, 3.05) is 12.8 Å². The number of carbonyl (C=O) groups excluding carboxylic acids is 1. The molecule has 2 heterocycles. The third-order valence-corrected chi connectivity index (χ3v) is 3.98. The quantitative estimate of drug-likeness (QED) is 0.714. The summed E-state index contributed by atoms with van der Waals surface area (Å²) in [5, 5.41) is 1.74. The molecule has 0 aliphatic heterocycles. The molecule has 3 aromatic rings. The van der Waals surface area contributed by atoms with Crippen molar-refractivity contribution in [2.45, 2.75) is 6.54 Å². The molecule has 0 fully saturated rings. The molecule has 0 spiro atoms. The van der Waals surface area contributed by atoms with Crippen LogP contribution in [0, 0.1) is 0 Å². The van der Waals surface area contributed by atoms with Gasteiger partial charge in [-0.3, -0.25) is 4.79 Å². The lowest BCUT2D eigenvalue weighted by molar-refractivity contribution is -0.125. The number of halogens is 1. The number of rotatable bonds is 4. The molecule has 0 bridgehead atoms. The zero-order valence-corrected chi connectivity index (χ0v) is 13.9. The first kappa shape index (κ1) is 16.1. The van der Waals surface area contributed by atoms with Gasteiger partial charge in [-0.05, 0) is 41.5 Å². The van der Waals surface area contributed by atoms with Gasteiger partial charge in [0.2, 0.25) is 5.91 Å². The maximum atomic E-state index is 12.3. The molecule has 0 atom stereocenters. The van der Waals surface area contributed by atoms with Gasteiger partial charge in [0.1, 0.15) is 5.82 Å². The molecule has 5 nitrogen and oxygen atoms in total. The third-order valence-electron chi connectivity index (χ3n) is 3.74. The minimum absolute atomic E-state index is 0.0878. The van der Waals surface area contributed by atoms with E-state index in [9.17, 15) is 4.79 Å². The molecule has 0 saturated carbocycles. The summed E-state index contributed by atoms with van der Waals surface area (Å²) in [5.41, 5.74) is 8.37. The molecule has 0 saturated heterocycles. The second-order valence-electron chi connectivity index (χ2n) is 5.55. The normalized spacial score (nSPS) is 11.2. The Labute approximate surface area is 144 Å². The molecule has 0 radical (unpaired) electrons. The van der Waals surface area contributed by atoms with Crippen LogP contribution in [0.3, 0.4) is 0 Å². The van der Waals surface area contributed by atoms with E-state index in [2.05, 4.69) is 9.97 Å². The van der Waals surface area contributed by atoms with Gasteiger partial charge < -0.3 is 15.6 Å². The molecular weight excluding hydrogens is 324 g/mol. The van der Waals surface area contributed by atoms with Crippen LogP contribution in [-0.2, 0) is 11.3 Å². The zero-order chi connectivity index (χ0) is 17.1. The number of nitrogen functional groups attached to an aromatic ring is 1. The number of H-pyrrole nitrogens is 1. The molecule has 122 valence electrons. The average molecular weight is 341 g/mol. The zero-order valence-electron chi connectivity index (χ0n) is 13.2. The van der Waals surface area contributed by atoms with Crippen LogP contribution < -0.4 is 5.73 Å². The molecule has 24 heavy (non-hydrogen) atoms. The molecule has 3 rings (SSSR count). The summed E-state index contributed by atoms with van der Waals surface area (Å²) in [4.78, 5) is 21.1. The highest BCUT2D eigenvalue weighted by molar-refractivity contribution is 6.31. The number of anilines is 1. The Hall–Kier alpha value is -2.79. The van der Waals surface area contributed by atoms with Gasteiger partial charge in [0.25, 0.3) is 0 Å². The topological polar surface area (TPSA) is 75.0 Å². The number of nitrogens with two attached hydrogens (primary N) is 1. The molecule has 3 N–H and O–H groups in total. The average Bonchev–Trinajstić information content (AvgIpc) is 2.96. The van der Waals surface area contributed by atoms with E-state index in [1.807, 2.05) is 30.5 Å². The molecule has 1 aromatic carbocycles. The van der Waals surface area contributed by atoms with Crippen LogP contribution in [0.25, 0.3) is 17.0 Å². The van der Waals surface area contributed by atoms with E-state index >= 15 is 0 Å². The van der Waals surface area contributed by atoms with Crippen LogP contribution in [0.1, 0.15) is 11.1 Å². The van der Waals surface area contributed by atoms with Crippen molar-refractivity contribution in [1.82, 2.24) is 14.9 Å². The summed E-state index contributed by atoms with van der Waals surface area (Å²) in [6, 6.07) is 9.19. The first-order valence-electron chi connectivity index (χ1n) is 7.43. The Morgan fingerprint density at radius 1 is 1.38 bits per heavy atom. The number of nitrogens with one attached hydrogen (secondary N) is 1. The molecule has 1 amide bonds. The number of benzene rings is 1. The fourth-order valence-electron chi connectivity index (χ4n) is 2.43. The second-order valence-corrected chi connectivity index (χ2v) is 5.98. The predicted molar refractivity (Wildman–Crippen MR) is 97.5 cm³/mol. The highest BCUT2D eigenvalue weighted by Crippen LogP contribution is 2.23. The van der Waals surface area contributed by atoms with Crippen molar-refractivity contribution in [3.8, 4) is 0 Å². The van der Waals surface area contributed by atoms with Gasteiger partial charge in [0.15, 0.2) is 0 Å². The van der Waals surface area contributed by atoms with Crippen LogP contribution in [0.2, 0.25) is 5.02 Å². The Kier molecular flexibility index (Phi) is 4.53. The fraction of sp³-hybridized carbons (Fsp3) is 0.111. The van der Waals surface area contributed by atoms with Gasteiger partial charge in [0.05, 0.1) is 0 Å². The number of likely N-dealkylation sites (N-methyl/N-ethyl adjacent to an activating group) is 1. The number of aromatic amines is 1. The van der Waals surface area contributed by atoms with E-state index < -0.39 is 0 Å². The fourth-order valence-corrected chi connectivity index (χ4v) is 2.60. The highest BCUT2D eigenvalue weighted by Gasteiger charge is 2.10. The molecule has 0 aliphatic carbocycles. The number of fused-ring (bicyclic) bond motifs is 1. The Morgan fingerprint density at radius 3 is 2.96 bits per heavy atom. The van der Waals surface area contributed by atoms with Crippen molar-refractivity contribution >= 4 is 40.3 Å². The summed E-state index contributed by atoms with van der Waals surface area (Å²) < 4.78 is 0. The van der Waals surface area contributed by atoms with Crippen molar-refractivity contribution in [3.05, 3.63) is 65.0 Å². The summed E-state index contributed by atoms with van der Waals surface area (Å²) >= 11 is 5.99. The molecule has 0 unspecified atom stereocenters. The molecule has 2 aromatic heterocycles. The predicted octanol–water partition coefficient (Wildman–Crippen LogP) is 3.47. The van der Waals surface area contributed by atoms with Crippen molar-refractivity contribution < 1.29 is 4.79 Å². The minimum atomic E-state index is -0.0878. The largest absolute Gasteiger partial charge is 0.384 e. The standard InChI is InChI=1S/C18H17ClN4O/c1-23(18(24)7-3-12-2-6-17(20)22-9-12)11-13-10-21-16-8-14(19)4-5-15(13)16/h2-10,21H,11H2,1H3,(H2,20,22). The van der Waals surface area contributed by atoms with Gasteiger partial charge in [-0.15, -0.1) is 0 Å². The van der Waals surface area contributed by atoms with Crippen LogP contribution >= 0.6 is 11.6 Å². The number of hydrogen-bond acceptors (Lipinski definition) is 3. The summed E-state index contributed by atoms with van der Waals surface area (Å²) in [5.74, 6) is 0.366. The molecule has 6 heteroatoms. The monoisotopic (exact) mass is 340 g/mol. The summed E-state index contributed by atoms with van der Waals surface area (Å²) in [6.07, 6.45) is 6.78. The number of carbonyl (C=O) groups is 1. The first-order valence-corrected chi connectivity index (χ1v) is 7.81. The summed E-state index contributed by atoms with van der Waals surface area (Å²) in [7, 11) is 1.77. The van der Waals surface area contributed by atoms with Crippen LogP contribution in [0.5, 0.6) is 0 Å². The van der Waals surface area contributed by atoms with E-state index in [0.717, 1.165) is 22.0 Å². The maximum absolute atomic E-state index is 12.3. The second kappa shape index (κ2) is 6.76. The number of hydrogen-bond donors (Lipinski definition) is 2. The van der Waals surface area contributed by atoms with Gasteiger partial charge in [-0.2, -0.15) is 0 Å². The lowest BCUT2D eigenvalue weighted by Crippen LogP contribution is -2.23. The Balaban J connectivity index is 1.70. The lowest BCUT2D eigenvalue weighted by Gasteiger charge is -2.14. The van der Waals surface area contributed by atoms with Crippen molar-refractivity contribution in [3.63, 3.8) is 0 Å². The van der Waals surface area contributed by atoms with E-state index in [4.69, 9.17) is 17.3 Å². The highest BCUT2D eigenvalue weighted by atomic mass is 35.5. The minimum Gasteiger partial charge on any atom is -0.384 e. The van der Waals surface area contributed by atoms with Gasteiger partial charge in [-0.25, -0.2) is 4.98 Å². The van der Waals surface area contributed by atoms with E-state index in [1.54, 1.807) is 30.3 Å². The van der Waals surface area contributed by atoms with Crippen molar-refractivity contribution in [2.24, 2.45) is 0 Å². The summed E-state index contributed by atoms with van der Waals surface area (Å²) in [6.45, 7) is 0.505. The Bertz CT molecular complexity index is 899. The number of nitrogens with zero attached hydrogens (tertiary/aromatic N) is 2. The van der Waals surface area contributed by atoms with Gasteiger partial charge in [0, 0.05) is 48.0 Å². The van der Waals surface area contributed by atoms with Crippen molar-refractivity contribution in [1.29, 1.82) is 0 Å². The first-order chi connectivity index (χ1) is 11.5. The molecular formula is C18H17ClN4O. The van der Waals surface area contributed by atoms with Gasteiger partial charge in [-0.1, -0.05) is 17.7 Å². The maximum Gasteiger partial charge on any atom is 0.246 e. The Morgan fingerprint density at radius 2 is 2.21 bits per heavy atom. The van der Waals surface area contributed by atoms with E-state index in [1.165, 1.54) is 6.08 Å². The van der Waals surface area contributed by atoms with Crippen LogP contribution in [0.4, 0.5) is 5.82 Å². The van der Waals surface area contributed by atoms with E-state index in [0.29, 0.717) is 17.4 Å². The van der Waals surface area contributed by atoms with E-state index in [-0.39, 0.29) is 5.91 Å². The third kappa shape index (κ3) is 3.58. The number of amides is 1. The lowest BCUT2D eigenvalue weighted by atomic mass is 10.1.